The molecule has 1 aromatic carbocycles. The Balaban J connectivity index is 2.35. The largest absolute Gasteiger partial charge is 0.490 e. The molecule has 0 aromatic heterocycles. The molecule has 0 bridgehead atoms. The SMILES string of the molecule is C#CCOc1c(I)cc(/C=C2/SC(=O)N(CCC)C2=O)cc1OCC. The highest BCUT2D eigenvalue weighted by Crippen LogP contribution is 2.37. The average molecular weight is 471 g/mol. The van der Waals surface area contributed by atoms with Crippen LogP contribution in [0.2, 0.25) is 0 Å². The Bertz CT molecular complexity index is 754. The number of carbonyl (C=O) groups excluding carboxylic acids is 2. The summed E-state index contributed by atoms with van der Waals surface area (Å²) < 4.78 is 12.0. The van der Waals surface area contributed by atoms with E-state index in [1.54, 1.807) is 12.1 Å². The van der Waals surface area contributed by atoms with Crippen molar-refractivity contribution in [2.75, 3.05) is 19.8 Å². The minimum atomic E-state index is -0.252. The maximum atomic E-state index is 12.4. The van der Waals surface area contributed by atoms with E-state index in [-0.39, 0.29) is 17.8 Å². The topological polar surface area (TPSA) is 55.8 Å². The molecule has 1 heterocycles. The number of halogens is 1. The van der Waals surface area contributed by atoms with Gasteiger partial charge in [-0.15, -0.1) is 6.42 Å². The van der Waals surface area contributed by atoms with Crippen LogP contribution in [0.15, 0.2) is 17.0 Å². The van der Waals surface area contributed by atoms with Crippen molar-refractivity contribution in [1.82, 2.24) is 4.90 Å². The first kappa shape index (κ1) is 19.7. The molecule has 0 aliphatic carbocycles. The van der Waals surface area contributed by atoms with Crippen LogP contribution in [0.5, 0.6) is 11.5 Å². The zero-order valence-electron chi connectivity index (χ0n) is 14.0. The normalized spacial score (nSPS) is 15.6. The Labute approximate surface area is 165 Å². The lowest BCUT2D eigenvalue weighted by Gasteiger charge is -2.13. The van der Waals surface area contributed by atoms with Crippen LogP contribution in [0.25, 0.3) is 6.08 Å². The standard InChI is InChI=1S/C18H18INO4S/c1-4-7-20-17(21)15(25-18(20)22)11-12-9-13(19)16(24-8-5-2)14(10-12)23-6-3/h2,9-11H,4,6-8H2,1,3H3/b15-11+. The van der Waals surface area contributed by atoms with Gasteiger partial charge in [0.15, 0.2) is 11.5 Å². The number of hydrogen-bond acceptors (Lipinski definition) is 5. The van der Waals surface area contributed by atoms with Crippen LogP contribution in [0.4, 0.5) is 4.79 Å². The molecule has 7 heteroatoms. The molecule has 1 aromatic rings. The van der Waals surface area contributed by atoms with Gasteiger partial charge in [-0.1, -0.05) is 12.8 Å². The molecule has 132 valence electrons. The monoisotopic (exact) mass is 471 g/mol. The summed E-state index contributed by atoms with van der Waals surface area (Å²) in [5.41, 5.74) is 0.767. The summed E-state index contributed by atoms with van der Waals surface area (Å²) in [6.45, 7) is 4.85. The first-order valence-corrected chi connectivity index (χ1v) is 9.69. The molecule has 0 unspecified atom stereocenters. The maximum Gasteiger partial charge on any atom is 0.293 e. The molecule has 25 heavy (non-hydrogen) atoms. The van der Waals surface area contributed by atoms with Crippen LogP contribution in [0, 0.1) is 15.9 Å². The highest BCUT2D eigenvalue weighted by Gasteiger charge is 2.34. The molecule has 2 rings (SSSR count). The molecule has 1 saturated heterocycles. The number of benzene rings is 1. The number of nitrogens with zero attached hydrogens (tertiary/aromatic N) is 1. The van der Waals surface area contributed by atoms with Gasteiger partial charge < -0.3 is 9.47 Å². The van der Waals surface area contributed by atoms with Crippen molar-refractivity contribution >= 4 is 51.6 Å². The molecular formula is C18H18INO4S. The van der Waals surface area contributed by atoms with Crippen molar-refractivity contribution in [3.8, 4) is 23.8 Å². The lowest BCUT2D eigenvalue weighted by Crippen LogP contribution is -2.28. The fourth-order valence-corrected chi connectivity index (χ4v) is 3.90. The van der Waals surface area contributed by atoms with Crippen LogP contribution < -0.4 is 9.47 Å². The summed E-state index contributed by atoms with van der Waals surface area (Å²) in [7, 11) is 0. The molecule has 1 aliphatic heterocycles. The van der Waals surface area contributed by atoms with E-state index < -0.39 is 0 Å². The van der Waals surface area contributed by atoms with E-state index in [1.165, 1.54) is 4.90 Å². The number of carbonyl (C=O) groups is 2. The Kier molecular flexibility index (Phi) is 7.20. The molecule has 0 saturated carbocycles. The van der Waals surface area contributed by atoms with Crippen molar-refractivity contribution in [3.05, 3.63) is 26.2 Å². The number of imide groups is 1. The number of amides is 2. The average Bonchev–Trinajstić information content (AvgIpc) is 2.82. The number of thioether (sulfide) groups is 1. The predicted octanol–water partition coefficient (Wildman–Crippen LogP) is 4.15. The van der Waals surface area contributed by atoms with Gasteiger partial charge in [-0.05, 0) is 71.5 Å². The summed E-state index contributed by atoms with van der Waals surface area (Å²) in [6.07, 6.45) is 7.69. The molecule has 1 fully saturated rings. The van der Waals surface area contributed by atoms with Crippen molar-refractivity contribution in [1.29, 1.82) is 0 Å². The van der Waals surface area contributed by atoms with Gasteiger partial charge in [0.2, 0.25) is 0 Å². The molecule has 0 atom stereocenters. The Hall–Kier alpha value is -1.66. The third-order valence-electron chi connectivity index (χ3n) is 3.25. The molecule has 0 radical (unpaired) electrons. The van der Waals surface area contributed by atoms with Gasteiger partial charge in [0.1, 0.15) is 6.61 Å². The van der Waals surface area contributed by atoms with Crippen LogP contribution in [-0.4, -0.2) is 35.8 Å². The second-order valence-corrected chi connectivity index (χ2v) is 7.24. The Morgan fingerprint density at radius 2 is 2.08 bits per heavy atom. The van der Waals surface area contributed by atoms with E-state index in [0.717, 1.165) is 27.3 Å². The lowest BCUT2D eigenvalue weighted by molar-refractivity contribution is -0.122. The minimum absolute atomic E-state index is 0.144. The zero-order chi connectivity index (χ0) is 18.4. The van der Waals surface area contributed by atoms with E-state index >= 15 is 0 Å². The van der Waals surface area contributed by atoms with Gasteiger partial charge in [-0.25, -0.2) is 0 Å². The first-order chi connectivity index (χ1) is 12.0. The van der Waals surface area contributed by atoms with Gasteiger partial charge in [0, 0.05) is 6.54 Å². The summed E-state index contributed by atoms with van der Waals surface area (Å²) in [6, 6.07) is 3.65. The van der Waals surface area contributed by atoms with Gasteiger partial charge in [0.25, 0.3) is 11.1 Å². The van der Waals surface area contributed by atoms with E-state index in [0.29, 0.717) is 29.6 Å². The minimum Gasteiger partial charge on any atom is -0.490 e. The van der Waals surface area contributed by atoms with E-state index in [9.17, 15) is 9.59 Å². The Morgan fingerprint density at radius 1 is 1.32 bits per heavy atom. The number of hydrogen-bond donors (Lipinski definition) is 0. The number of terminal acetylenes is 1. The highest BCUT2D eigenvalue weighted by atomic mass is 127. The van der Waals surface area contributed by atoms with E-state index in [2.05, 4.69) is 28.5 Å². The zero-order valence-corrected chi connectivity index (χ0v) is 17.0. The van der Waals surface area contributed by atoms with Crippen molar-refractivity contribution in [2.45, 2.75) is 20.3 Å². The Morgan fingerprint density at radius 3 is 2.72 bits per heavy atom. The molecule has 5 nitrogen and oxygen atoms in total. The van der Waals surface area contributed by atoms with E-state index in [4.69, 9.17) is 15.9 Å². The fraction of sp³-hybridized carbons (Fsp3) is 0.333. The summed E-state index contributed by atoms with van der Waals surface area (Å²) >= 11 is 3.09. The highest BCUT2D eigenvalue weighted by molar-refractivity contribution is 14.1. The van der Waals surface area contributed by atoms with Gasteiger partial charge in [0.05, 0.1) is 15.1 Å². The number of rotatable bonds is 7. The predicted molar refractivity (Wildman–Crippen MR) is 108 cm³/mol. The second kappa shape index (κ2) is 9.15. The van der Waals surface area contributed by atoms with Crippen LogP contribution in [-0.2, 0) is 4.79 Å². The van der Waals surface area contributed by atoms with Gasteiger partial charge in [-0.3, -0.25) is 14.5 Å². The smallest absolute Gasteiger partial charge is 0.293 e. The van der Waals surface area contributed by atoms with Gasteiger partial charge >= 0.3 is 0 Å². The fourth-order valence-electron chi connectivity index (χ4n) is 2.26. The molecule has 2 amide bonds. The summed E-state index contributed by atoms with van der Waals surface area (Å²) in [4.78, 5) is 26.0. The third kappa shape index (κ3) is 4.70. The van der Waals surface area contributed by atoms with Crippen molar-refractivity contribution in [3.63, 3.8) is 0 Å². The number of ether oxygens (including phenoxy) is 2. The summed E-state index contributed by atoms with van der Waals surface area (Å²) in [5.74, 6) is 3.32. The lowest BCUT2D eigenvalue weighted by atomic mass is 10.2. The molecular weight excluding hydrogens is 453 g/mol. The van der Waals surface area contributed by atoms with Crippen LogP contribution in [0.1, 0.15) is 25.8 Å². The summed E-state index contributed by atoms with van der Waals surface area (Å²) in [5, 5.41) is -0.230. The van der Waals surface area contributed by atoms with Crippen LogP contribution in [0.3, 0.4) is 0 Å². The second-order valence-electron chi connectivity index (χ2n) is 5.09. The van der Waals surface area contributed by atoms with Crippen molar-refractivity contribution < 1.29 is 19.1 Å². The van der Waals surface area contributed by atoms with E-state index in [1.807, 2.05) is 19.9 Å². The van der Waals surface area contributed by atoms with Crippen molar-refractivity contribution in [2.24, 2.45) is 0 Å². The first-order valence-electron chi connectivity index (χ1n) is 7.79. The third-order valence-corrected chi connectivity index (χ3v) is 4.96. The van der Waals surface area contributed by atoms with Gasteiger partial charge in [-0.2, -0.15) is 0 Å². The maximum absolute atomic E-state index is 12.4. The molecule has 0 N–H and O–H groups in total. The quantitative estimate of drug-likeness (QED) is 0.340. The molecule has 0 spiro atoms. The van der Waals surface area contributed by atoms with Crippen LogP contribution >= 0.6 is 34.4 Å². The molecule has 1 aliphatic rings.